The average molecular weight is 246 g/mol. The second-order valence-corrected chi connectivity index (χ2v) is 4.25. The van der Waals surface area contributed by atoms with E-state index in [1.54, 1.807) is 0 Å². The van der Waals surface area contributed by atoms with Gasteiger partial charge in [0.25, 0.3) is 0 Å². The number of unbranched alkanes of at least 4 members (excludes halogenated alkanes) is 1. The summed E-state index contributed by atoms with van der Waals surface area (Å²) in [5.41, 5.74) is 0.968. The van der Waals surface area contributed by atoms with Gasteiger partial charge in [-0.15, -0.1) is 0 Å². The van der Waals surface area contributed by atoms with E-state index in [0.717, 1.165) is 31.4 Å². The van der Waals surface area contributed by atoms with Crippen LogP contribution in [-0.2, 0) is 4.79 Å². The van der Waals surface area contributed by atoms with Crippen molar-refractivity contribution >= 4 is 11.7 Å². The molecule has 3 nitrogen and oxygen atoms in total. The van der Waals surface area contributed by atoms with Crippen LogP contribution in [0.15, 0.2) is 35.3 Å². The van der Waals surface area contributed by atoms with E-state index in [1.165, 1.54) is 0 Å². The Kier molecular flexibility index (Phi) is 6.77. The lowest BCUT2D eigenvalue weighted by atomic mass is 10.2. The first kappa shape index (κ1) is 14.4. The molecule has 1 amide bonds. The lowest BCUT2D eigenvalue weighted by Gasteiger charge is -2.09. The van der Waals surface area contributed by atoms with Crippen LogP contribution in [-0.4, -0.2) is 18.3 Å². The molecular formula is C15H22N2O. The number of benzene rings is 1. The normalized spacial score (nSPS) is 11.3. The first-order valence-electron chi connectivity index (χ1n) is 6.67. The number of nitrogens with zero attached hydrogens (tertiary/aromatic N) is 1. The Balaban J connectivity index is 2.71. The molecule has 0 aliphatic heterocycles. The predicted molar refractivity (Wildman–Crippen MR) is 75.8 cm³/mol. The third-order valence-electron chi connectivity index (χ3n) is 2.56. The molecule has 1 aromatic rings. The first-order valence-corrected chi connectivity index (χ1v) is 6.67. The standard InChI is InChI=1S/C15H22N2O/c1-3-5-11-14(18)17-15(16-12-4-2)13-9-7-6-8-10-13/h6-10H,3-5,11-12H2,1-2H3,(H,16,17,18). The van der Waals surface area contributed by atoms with Gasteiger partial charge >= 0.3 is 0 Å². The molecule has 0 heterocycles. The Morgan fingerprint density at radius 3 is 2.50 bits per heavy atom. The molecule has 1 aromatic carbocycles. The van der Waals surface area contributed by atoms with Crippen molar-refractivity contribution in [2.75, 3.05) is 6.54 Å². The number of rotatable bonds is 6. The van der Waals surface area contributed by atoms with E-state index in [4.69, 9.17) is 0 Å². The number of hydrogen-bond donors (Lipinski definition) is 1. The van der Waals surface area contributed by atoms with Crippen molar-refractivity contribution in [3.05, 3.63) is 35.9 Å². The van der Waals surface area contributed by atoms with Gasteiger partial charge in [0, 0.05) is 18.5 Å². The van der Waals surface area contributed by atoms with Crippen molar-refractivity contribution in [3.63, 3.8) is 0 Å². The molecule has 0 atom stereocenters. The van der Waals surface area contributed by atoms with E-state index in [-0.39, 0.29) is 5.91 Å². The molecule has 0 fully saturated rings. The Labute approximate surface area is 109 Å². The maximum absolute atomic E-state index is 11.8. The Morgan fingerprint density at radius 2 is 1.89 bits per heavy atom. The third-order valence-corrected chi connectivity index (χ3v) is 2.56. The minimum Gasteiger partial charge on any atom is -0.311 e. The average Bonchev–Trinajstić information content (AvgIpc) is 2.42. The zero-order chi connectivity index (χ0) is 13.2. The maximum atomic E-state index is 11.8. The summed E-state index contributed by atoms with van der Waals surface area (Å²) in [6.07, 6.45) is 3.48. The fraction of sp³-hybridized carbons (Fsp3) is 0.467. The van der Waals surface area contributed by atoms with Crippen molar-refractivity contribution in [2.24, 2.45) is 4.99 Å². The number of nitrogens with one attached hydrogen (secondary N) is 1. The van der Waals surface area contributed by atoms with Crippen molar-refractivity contribution in [3.8, 4) is 0 Å². The molecular weight excluding hydrogens is 224 g/mol. The van der Waals surface area contributed by atoms with E-state index < -0.39 is 0 Å². The zero-order valence-electron chi connectivity index (χ0n) is 11.3. The molecule has 0 saturated carbocycles. The molecule has 0 aromatic heterocycles. The van der Waals surface area contributed by atoms with Crippen LogP contribution in [0.3, 0.4) is 0 Å². The predicted octanol–water partition coefficient (Wildman–Crippen LogP) is 3.15. The summed E-state index contributed by atoms with van der Waals surface area (Å²) < 4.78 is 0. The maximum Gasteiger partial charge on any atom is 0.225 e. The summed E-state index contributed by atoms with van der Waals surface area (Å²) in [5, 5.41) is 2.91. The van der Waals surface area contributed by atoms with Gasteiger partial charge in [0.2, 0.25) is 5.91 Å². The lowest BCUT2D eigenvalue weighted by Crippen LogP contribution is -2.31. The highest BCUT2D eigenvalue weighted by Gasteiger charge is 2.07. The van der Waals surface area contributed by atoms with Crippen molar-refractivity contribution in [2.45, 2.75) is 39.5 Å². The monoisotopic (exact) mass is 246 g/mol. The molecule has 0 aliphatic carbocycles. The summed E-state index contributed by atoms with van der Waals surface area (Å²) in [6.45, 7) is 4.89. The number of carbonyl (C=O) groups is 1. The van der Waals surface area contributed by atoms with Crippen molar-refractivity contribution in [1.82, 2.24) is 5.32 Å². The van der Waals surface area contributed by atoms with E-state index in [9.17, 15) is 4.79 Å². The second kappa shape index (κ2) is 8.45. The Hall–Kier alpha value is -1.64. The van der Waals surface area contributed by atoms with E-state index in [2.05, 4.69) is 24.2 Å². The van der Waals surface area contributed by atoms with Crippen LogP contribution in [0.2, 0.25) is 0 Å². The van der Waals surface area contributed by atoms with Gasteiger partial charge in [-0.2, -0.15) is 0 Å². The Bertz CT molecular complexity index is 385. The van der Waals surface area contributed by atoms with Crippen molar-refractivity contribution in [1.29, 1.82) is 0 Å². The van der Waals surface area contributed by atoms with Gasteiger partial charge in [-0.05, 0) is 12.8 Å². The molecule has 3 heteroatoms. The smallest absolute Gasteiger partial charge is 0.225 e. The van der Waals surface area contributed by atoms with Gasteiger partial charge in [-0.25, -0.2) is 0 Å². The van der Waals surface area contributed by atoms with Crippen LogP contribution in [0.25, 0.3) is 0 Å². The van der Waals surface area contributed by atoms with Crippen LogP contribution >= 0.6 is 0 Å². The van der Waals surface area contributed by atoms with E-state index in [0.29, 0.717) is 12.3 Å². The highest BCUT2D eigenvalue weighted by Crippen LogP contribution is 2.01. The van der Waals surface area contributed by atoms with Gasteiger partial charge in [-0.1, -0.05) is 50.6 Å². The fourth-order valence-corrected chi connectivity index (χ4v) is 1.55. The summed E-state index contributed by atoms with van der Waals surface area (Å²) >= 11 is 0. The van der Waals surface area contributed by atoms with Gasteiger partial charge in [0.05, 0.1) is 0 Å². The van der Waals surface area contributed by atoms with E-state index >= 15 is 0 Å². The van der Waals surface area contributed by atoms with Crippen LogP contribution < -0.4 is 5.32 Å². The lowest BCUT2D eigenvalue weighted by molar-refractivity contribution is -0.119. The highest BCUT2D eigenvalue weighted by molar-refractivity contribution is 6.07. The molecule has 18 heavy (non-hydrogen) atoms. The number of amides is 1. The van der Waals surface area contributed by atoms with Gasteiger partial charge in [0.15, 0.2) is 0 Å². The number of amidine groups is 1. The first-order chi connectivity index (χ1) is 8.77. The number of carbonyl (C=O) groups excluding carboxylic acids is 1. The third kappa shape index (κ3) is 5.13. The van der Waals surface area contributed by atoms with Gasteiger partial charge in [-0.3, -0.25) is 9.79 Å². The molecule has 1 N–H and O–H groups in total. The second-order valence-electron chi connectivity index (χ2n) is 4.25. The van der Waals surface area contributed by atoms with Gasteiger partial charge < -0.3 is 5.32 Å². The fourth-order valence-electron chi connectivity index (χ4n) is 1.55. The zero-order valence-corrected chi connectivity index (χ0v) is 11.3. The molecule has 98 valence electrons. The SMILES string of the molecule is CCCCC(=O)NC(=NCCC)c1ccccc1. The molecule has 0 spiro atoms. The quantitative estimate of drug-likeness (QED) is 0.608. The number of hydrogen-bond acceptors (Lipinski definition) is 2. The summed E-state index contributed by atoms with van der Waals surface area (Å²) in [6, 6.07) is 9.80. The summed E-state index contributed by atoms with van der Waals surface area (Å²) in [4.78, 5) is 16.2. The van der Waals surface area contributed by atoms with Crippen molar-refractivity contribution < 1.29 is 4.79 Å². The van der Waals surface area contributed by atoms with Crippen LogP contribution in [0.4, 0.5) is 0 Å². The topological polar surface area (TPSA) is 41.5 Å². The van der Waals surface area contributed by atoms with Crippen LogP contribution in [0, 0.1) is 0 Å². The molecule has 0 radical (unpaired) electrons. The number of aliphatic imine (C=N–C) groups is 1. The molecule has 0 aliphatic rings. The van der Waals surface area contributed by atoms with Crippen LogP contribution in [0.5, 0.6) is 0 Å². The largest absolute Gasteiger partial charge is 0.311 e. The molecule has 0 bridgehead atoms. The molecule has 0 unspecified atom stereocenters. The summed E-state index contributed by atoms with van der Waals surface area (Å²) in [7, 11) is 0. The van der Waals surface area contributed by atoms with Crippen LogP contribution in [0.1, 0.15) is 45.1 Å². The van der Waals surface area contributed by atoms with Gasteiger partial charge in [0.1, 0.15) is 5.84 Å². The summed E-state index contributed by atoms with van der Waals surface area (Å²) in [5.74, 6) is 0.745. The molecule has 0 saturated heterocycles. The van der Waals surface area contributed by atoms with E-state index in [1.807, 2.05) is 30.3 Å². The minimum absolute atomic E-state index is 0.0514. The molecule has 1 rings (SSSR count). The minimum atomic E-state index is 0.0514. The Morgan fingerprint density at radius 1 is 1.17 bits per heavy atom. The highest BCUT2D eigenvalue weighted by atomic mass is 16.1.